The largest absolute Gasteiger partial charge is 0.395 e. The molecule has 0 saturated heterocycles. The second-order valence-electron chi connectivity index (χ2n) is 3.75. The van der Waals surface area contributed by atoms with Gasteiger partial charge in [-0.05, 0) is 24.4 Å². The van der Waals surface area contributed by atoms with Crippen molar-refractivity contribution in [3.05, 3.63) is 29.3 Å². The molecule has 0 radical (unpaired) electrons. The Hall–Kier alpha value is -1.66. The molecule has 2 heterocycles. The van der Waals surface area contributed by atoms with Crippen LogP contribution in [0.25, 0.3) is 10.6 Å². The first kappa shape index (κ1) is 12.8. The van der Waals surface area contributed by atoms with Gasteiger partial charge in [-0.3, -0.25) is 9.89 Å². The molecule has 0 spiro atoms. The molecule has 2 rings (SSSR count). The minimum atomic E-state index is -0.161. The Labute approximate surface area is 109 Å². The lowest BCUT2D eigenvalue weighted by Gasteiger charge is -2.17. The van der Waals surface area contributed by atoms with Gasteiger partial charge in [-0.15, -0.1) is 11.3 Å². The van der Waals surface area contributed by atoms with Crippen LogP contribution in [-0.4, -0.2) is 45.8 Å². The van der Waals surface area contributed by atoms with Gasteiger partial charge in [0.15, 0.2) is 5.69 Å². The molecule has 0 aliphatic rings. The van der Waals surface area contributed by atoms with Crippen LogP contribution < -0.4 is 0 Å². The van der Waals surface area contributed by atoms with Crippen LogP contribution in [0, 0.1) is 0 Å². The molecule has 2 aromatic heterocycles. The van der Waals surface area contributed by atoms with Crippen LogP contribution in [0.15, 0.2) is 23.6 Å². The van der Waals surface area contributed by atoms with E-state index in [0.29, 0.717) is 18.8 Å². The van der Waals surface area contributed by atoms with E-state index in [1.807, 2.05) is 24.4 Å². The molecule has 0 unspecified atom stereocenters. The summed E-state index contributed by atoms with van der Waals surface area (Å²) in [6.45, 7) is 2.72. The van der Waals surface area contributed by atoms with Gasteiger partial charge in [0.05, 0.1) is 17.2 Å². The Morgan fingerprint density at radius 1 is 1.61 bits per heavy atom. The molecule has 5 nitrogen and oxygen atoms in total. The summed E-state index contributed by atoms with van der Waals surface area (Å²) in [4.78, 5) is 14.7. The Bertz CT molecular complexity index is 507. The van der Waals surface area contributed by atoms with Crippen molar-refractivity contribution in [2.75, 3.05) is 19.7 Å². The van der Waals surface area contributed by atoms with Gasteiger partial charge in [0, 0.05) is 13.1 Å². The molecule has 0 fully saturated rings. The van der Waals surface area contributed by atoms with Crippen LogP contribution in [0.3, 0.4) is 0 Å². The lowest BCUT2D eigenvalue weighted by molar-refractivity contribution is 0.0726. The summed E-state index contributed by atoms with van der Waals surface area (Å²) in [6, 6.07) is 5.67. The number of aromatic nitrogens is 2. The Kier molecular flexibility index (Phi) is 4.11. The SMILES string of the molecule is CCN(CCO)C(=O)c1cc(-c2cccs2)[nH]n1. The number of amides is 1. The van der Waals surface area contributed by atoms with Crippen molar-refractivity contribution in [2.24, 2.45) is 0 Å². The van der Waals surface area contributed by atoms with Crippen molar-refractivity contribution in [1.29, 1.82) is 0 Å². The summed E-state index contributed by atoms with van der Waals surface area (Å²) in [6.07, 6.45) is 0. The Morgan fingerprint density at radius 3 is 3.06 bits per heavy atom. The number of rotatable bonds is 5. The standard InChI is InChI=1S/C12H15N3O2S/c1-2-15(5-6-16)12(17)10-8-9(13-14-10)11-4-3-7-18-11/h3-4,7-8,16H,2,5-6H2,1H3,(H,13,14). The molecule has 1 amide bonds. The van der Waals surface area contributed by atoms with Crippen LogP contribution in [0.4, 0.5) is 0 Å². The van der Waals surface area contributed by atoms with Crippen molar-refractivity contribution >= 4 is 17.2 Å². The lowest BCUT2D eigenvalue weighted by Crippen LogP contribution is -2.33. The maximum atomic E-state index is 12.1. The first-order chi connectivity index (χ1) is 8.76. The summed E-state index contributed by atoms with van der Waals surface area (Å²) >= 11 is 1.59. The van der Waals surface area contributed by atoms with Crippen molar-refractivity contribution in [3.63, 3.8) is 0 Å². The van der Waals surface area contributed by atoms with E-state index in [2.05, 4.69) is 10.2 Å². The average Bonchev–Trinajstić information content (AvgIpc) is 3.04. The van der Waals surface area contributed by atoms with Gasteiger partial charge in [-0.25, -0.2) is 0 Å². The third kappa shape index (κ3) is 2.60. The highest BCUT2D eigenvalue weighted by molar-refractivity contribution is 7.13. The molecule has 0 aliphatic heterocycles. The van der Waals surface area contributed by atoms with Crippen molar-refractivity contribution in [1.82, 2.24) is 15.1 Å². The van der Waals surface area contributed by atoms with Gasteiger partial charge in [-0.2, -0.15) is 5.10 Å². The topological polar surface area (TPSA) is 69.2 Å². The number of thiophene rings is 1. The van der Waals surface area contributed by atoms with Crippen LogP contribution >= 0.6 is 11.3 Å². The van der Waals surface area contributed by atoms with Gasteiger partial charge in [-0.1, -0.05) is 6.07 Å². The number of aromatic amines is 1. The zero-order valence-electron chi connectivity index (χ0n) is 10.1. The van der Waals surface area contributed by atoms with Gasteiger partial charge in [0.1, 0.15) is 0 Å². The number of H-pyrrole nitrogens is 1. The molecule has 0 atom stereocenters. The molecule has 0 saturated carbocycles. The maximum absolute atomic E-state index is 12.1. The van der Waals surface area contributed by atoms with E-state index in [1.54, 1.807) is 22.3 Å². The highest BCUT2D eigenvalue weighted by Gasteiger charge is 2.17. The lowest BCUT2D eigenvalue weighted by atomic mass is 10.3. The second kappa shape index (κ2) is 5.79. The number of hydrogen-bond acceptors (Lipinski definition) is 4. The summed E-state index contributed by atoms with van der Waals surface area (Å²) in [7, 11) is 0. The first-order valence-corrected chi connectivity index (χ1v) is 6.63. The molecule has 6 heteroatoms. The molecular weight excluding hydrogens is 250 g/mol. The minimum Gasteiger partial charge on any atom is -0.395 e. The minimum absolute atomic E-state index is 0.0399. The zero-order chi connectivity index (χ0) is 13.0. The Balaban J connectivity index is 2.17. The van der Waals surface area contributed by atoms with Gasteiger partial charge < -0.3 is 10.0 Å². The number of carbonyl (C=O) groups is 1. The van der Waals surface area contributed by atoms with Gasteiger partial charge in [0.2, 0.25) is 0 Å². The smallest absolute Gasteiger partial charge is 0.274 e. The molecule has 0 aromatic carbocycles. The first-order valence-electron chi connectivity index (χ1n) is 5.75. The predicted octanol–water partition coefficient (Wildman–Crippen LogP) is 1.59. The number of carbonyl (C=O) groups excluding carboxylic acids is 1. The van der Waals surface area contributed by atoms with E-state index in [4.69, 9.17) is 5.11 Å². The molecule has 2 aromatic rings. The van der Waals surface area contributed by atoms with Crippen molar-refractivity contribution in [2.45, 2.75) is 6.92 Å². The fraction of sp³-hybridized carbons (Fsp3) is 0.333. The van der Waals surface area contributed by atoms with E-state index in [1.165, 1.54) is 0 Å². The molecule has 2 N–H and O–H groups in total. The number of aliphatic hydroxyl groups excluding tert-OH is 1. The number of hydrogen-bond donors (Lipinski definition) is 2. The normalized spacial score (nSPS) is 10.6. The monoisotopic (exact) mass is 265 g/mol. The van der Waals surface area contributed by atoms with Crippen LogP contribution in [0.1, 0.15) is 17.4 Å². The van der Waals surface area contributed by atoms with E-state index < -0.39 is 0 Å². The molecule has 96 valence electrons. The fourth-order valence-corrected chi connectivity index (χ4v) is 2.37. The highest BCUT2D eigenvalue weighted by atomic mass is 32.1. The van der Waals surface area contributed by atoms with E-state index in [-0.39, 0.29) is 12.5 Å². The van der Waals surface area contributed by atoms with Gasteiger partial charge in [0.25, 0.3) is 5.91 Å². The molecule has 0 bridgehead atoms. The highest BCUT2D eigenvalue weighted by Crippen LogP contribution is 2.23. The molecule has 18 heavy (non-hydrogen) atoms. The third-order valence-corrected chi connectivity index (χ3v) is 3.53. The van der Waals surface area contributed by atoms with E-state index in [9.17, 15) is 4.79 Å². The quantitative estimate of drug-likeness (QED) is 0.862. The average molecular weight is 265 g/mol. The molecular formula is C12H15N3O2S. The molecule has 0 aliphatic carbocycles. The van der Waals surface area contributed by atoms with Crippen molar-refractivity contribution in [3.8, 4) is 10.6 Å². The summed E-state index contributed by atoms with van der Waals surface area (Å²) < 4.78 is 0. The summed E-state index contributed by atoms with van der Waals surface area (Å²) in [5.41, 5.74) is 1.22. The maximum Gasteiger partial charge on any atom is 0.274 e. The van der Waals surface area contributed by atoms with Crippen molar-refractivity contribution < 1.29 is 9.90 Å². The van der Waals surface area contributed by atoms with Crippen LogP contribution in [-0.2, 0) is 0 Å². The summed E-state index contributed by atoms with van der Waals surface area (Å²) in [5, 5.41) is 17.8. The second-order valence-corrected chi connectivity index (χ2v) is 4.70. The predicted molar refractivity (Wildman–Crippen MR) is 70.6 cm³/mol. The van der Waals surface area contributed by atoms with Gasteiger partial charge >= 0.3 is 0 Å². The van der Waals surface area contributed by atoms with E-state index >= 15 is 0 Å². The van der Waals surface area contributed by atoms with Crippen LogP contribution in [0.5, 0.6) is 0 Å². The number of nitrogens with one attached hydrogen (secondary N) is 1. The zero-order valence-corrected chi connectivity index (χ0v) is 10.9. The number of likely N-dealkylation sites (N-methyl/N-ethyl adjacent to an activating group) is 1. The summed E-state index contributed by atoms with van der Waals surface area (Å²) in [5.74, 6) is -0.161. The number of aliphatic hydroxyl groups is 1. The van der Waals surface area contributed by atoms with E-state index in [0.717, 1.165) is 10.6 Å². The number of nitrogens with zero attached hydrogens (tertiary/aromatic N) is 2. The third-order valence-electron chi connectivity index (χ3n) is 2.62. The van der Waals surface area contributed by atoms with Crippen LogP contribution in [0.2, 0.25) is 0 Å². The Morgan fingerprint density at radius 2 is 2.44 bits per heavy atom. The fourth-order valence-electron chi connectivity index (χ4n) is 1.68.